The second-order valence-electron chi connectivity index (χ2n) is 7.26. The van der Waals surface area contributed by atoms with Crippen LogP contribution in [0.15, 0.2) is 71.3 Å². The molecule has 0 spiro atoms. The number of benzene rings is 3. The SMILES string of the molecule is COc1cc(OC)c(OC)cc1CNC(=O)c1ccccc1-c1ncc(-c2ccccc2F)o1. The van der Waals surface area contributed by atoms with E-state index in [2.05, 4.69) is 10.3 Å². The molecule has 4 aromatic rings. The topological polar surface area (TPSA) is 82.8 Å². The van der Waals surface area contributed by atoms with Crippen molar-refractivity contribution in [1.82, 2.24) is 10.3 Å². The fraction of sp³-hybridized carbons (Fsp3) is 0.154. The van der Waals surface area contributed by atoms with E-state index >= 15 is 0 Å². The van der Waals surface area contributed by atoms with Crippen LogP contribution in [0.4, 0.5) is 4.39 Å². The number of methoxy groups -OCH3 is 3. The minimum absolute atomic E-state index is 0.183. The van der Waals surface area contributed by atoms with Crippen molar-refractivity contribution in [2.45, 2.75) is 6.54 Å². The maximum absolute atomic E-state index is 14.1. The number of nitrogens with zero attached hydrogens (tertiary/aromatic N) is 1. The summed E-state index contributed by atoms with van der Waals surface area (Å²) in [5.41, 5.74) is 1.86. The van der Waals surface area contributed by atoms with Crippen LogP contribution in [-0.2, 0) is 6.54 Å². The number of hydrogen-bond acceptors (Lipinski definition) is 6. The molecule has 0 aliphatic carbocycles. The number of amides is 1. The van der Waals surface area contributed by atoms with Gasteiger partial charge in [-0.15, -0.1) is 0 Å². The summed E-state index contributed by atoms with van der Waals surface area (Å²) in [6, 6.07) is 16.6. The van der Waals surface area contributed by atoms with E-state index in [1.165, 1.54) is 33.6 Å². The molecule has 0 radical (unpaired) electrons. The monoisotopic (exact) mass is 462 g/mol. The molecule has 3 aromatic carbocycles. The molecule has 174 valence electrons. The molecule has 4 rings (SSSR count). The fourth-order valence-electron chi connectivity index (χ4n) is 3.55. The van der Waals surface area contributed by atoms with E-state index in [4.69, 9.17) is 18.6 Å². The molecule has 0 bridgehead atoms. The third-order valence-electron chi connectivity index (χ3n) is 5.27. The molecule has 0 saturated heterocycles. The highest BCUT2D eigenvalue weighted by Crippen LogP contribution is 2.35. The van der Waals surface area contributed by atoms with Crippen molar-refractivity contribution in [2.75, 3.05) is 21.3 Å². The zero-order chi connectivity index (χ0) is 24.1. The second kappa shape index (κ2) is 10.1. The van der Waals surface area contributed by atoms with E-state index in [0.29, 0.717) is 39.5 Å². The quantitative estimate of drug-likeness (QED) is 0.392. The molecule has 1 amide bonds. The highest BCUT2D eigenvalue weighted by Gasteiger charge is 2.19. The Morgan fingerprint density at radius 2 is 1.56 bits per heavy atom. The van der Waals surface area contributed by atoms with E-state index < -0.39 is 5.82 Å². The van der Waals surface area contributed by atoms with Crippen LogP contribution in [0, 0.1) is 5.82 Å². The van der Waals surface area contributed by atoms with Crippen molar-refractivity contribution in [1.29, 1.82) is 0 Å². The van der Waals surface area contributed by atoms with Crippen LogP contribution in [0.25, 0.3) is 22.8 Å². The van der Waals surface area contributed by atoms with Crippen LogP contribution in [0.1, 0.15) is 15.9 Å². The van der Waals surface area contributed by atoms with Gasteiger partial charge in [0, 0.05) is 23.7 Å². The Labute approximate surface area is 196 Å². The van der Waals surface area contributed by atoms with Crippen molar-refractivity contribution < 1.29 is 27.8 Å². The Morgan fingerprint density at radius 3 is 2.26 bits per heavy atom. The first-order chi connectivity index (χ1) is 16.5. The first-order valence-corrected chi connectivity index (χ1v) is 10.4. The van der Waals surface area contributed by atoms with Gasteiger partial charge in [0.15, 0.2) is 17.3 Å². The summed E-state index contributed by atoms with van der Waals surface area (Å²) in [4.78, 5) is 17.4. The van der Waals surface area contributed by atoms with Crippen LogP contribution < -0.4 is 19.5 Å². The molecule has 34 heavy (non-hydrogen) atoms. The standard InChI is InChI=1S/C26H23FN2O5/c1-31-21-13-23(33-3)22(32-2)12-16(21)14-28-25(30)17-8-4-5-9-18(17)26-29-15-24(34-26)19-10-6-7-11-20(19)27/h4-13,15H,14H2,1-3H3,(H,28,30). The minimum Gasteiger partial charge on any atom is -0.496 e. The lowest BCUT2D eigenvalue weighted by atomic mass is 10.1. The lowest BCUT2D eigenvalue weighted by Gasteiger charge is -2.15. The van der Waals surface area contributed by atoms with Crippen LogP contribution in [0.2, 0.25) is 0 Å². The number of carbonyl (C=O) groups excluding carboxylic acids is 1. The summed E-state index contributed by atoms with van der Waals surface area (Å²) in [7, 11) is 4.61. The third-order valence-corrected chi connectivity index (χ3v) is 5.27. The number of ether oxygens (including phenoxy) is 3. The Balaban J connectivity index is 1.58. The maximum atomic E-state index is 14.1. The maximum Gasteiger partial charge on any atom is 0.252 e. The lowest BCUT2D eigenvalue weighted by Crippen LogP contribution is -2.23. The average molecular weight is 462 g/mol. The summed E-state index contributed by atoms with van der Waals surface area (Å²) >= 11 is 0. The Hall–Kier alpha value is -4.33. The van der Waals surface area contributed by atoms with Gasteiger partial charge in [-0.05, 0) is 30.3 Å². The molecule has 1 heterocycles. The van der Waals surface area contributed by atoms with Crippen LogP contribution in [0.5, 0.6) is 17.2 Å². The van der Waals surface area contributed by atoms with Crippen LogP contribution in [0.3, 0.4) is 0 Å². The Kier molecular flexibility index (Phi) is 6.77. The smallest absolute Gasteiger partial charge is 0.252 e. The number of aromatic nitrogens is 1. The molecular weight excluding hydrogens is 439 g/mol. The molecule has 8 heteroatoms. The van der Waals surface area contributed by atoms with E-state index in [9.17, 15) is 9.18 Å². The zero-order valence-electron chi connectivity index (χ0n) is 18.9. The van der Waals surface area contributed by atoms with Gasteiger partial charge >= 0.3 is 0 Å². The largest absolute Gasteiger partial charge is 0.496 e. The molecule has 1 aromatic heterocycles. The van der Waals surface area contributed by atoms with Gasteiger partial charge in [0.05, 0.1) is 38.7 Å². The first kappa shape index (κ1) is 22.8. The summed E-state index contributed by atoms with van der Waals surface area (Å²) in [6.45, 7) is 0.183. The van der Waals surface area contributed by atoms with Crippen LogP contribution in [-0.4, -0.2) is 32.2 Å². The number of oxazole rings is 1. The molecule has 0 unspecified atom stereocenters. The van der Waals surface area contributed by atoms with Crippen LogP contribution >= 0.6 is 0 Å². The Bertz CT molecular complexity index is 1320. The lowest BCUT2D eigenvalue weighted by molar-refractivity contribution is 0.0951. The fourth-order valence-corrected chi connectivity index (χ4v) is 3.55. The minimum atomic E-state index is -0.417. The normalized spacial score (nSPS) is 10.6. The zero-order valence-corrected chi connectivity index (χ0v) is 18.9. The highest BCUT2D eigenvalue weighted by atomic mass is 19.1. The van der Waals surface area contributed by atoms with Gasteiger partial charge in [-0.3, -0.25) is 4.79 Å². The van der Waals surface area contributed by atoms with Crippen molar-refractivity contribution in [3.05, 3.63) is 83.8 Å². The summed E-state index contributed by atoms with van der Waals surface area (Å²) in [6.07, 6.45) is 1.44. The highest BCUT2D eigenvalue weighted by molar-refractivity contribution is 6.00. The summed E-state index contributed by atoms with van der Waals surface area (Å²) in [5, 5.41) is 2.89. The number of nitrogens with one attached hydrogen (secondary N) is 1. The molecule has 0 saturated carbocycles. The van der Waals surface area contributed by atoms with Crippen molar-refractivity contribution in [2.24, 2.45) is 0 Å². The molecule has 0 fully saturated rings. The second-order valence-corrected chi connectivity index (χ2v) is 7.26. The van der Waals surface area contributed by atoms with E-state index in [0.717, 1.165) is 0 Å². The predicted molar refractivity (Wildman–Crippen MR) is 125 cm³/mol. The Morgan fingerprint density at radius 1 is 0.912 bits per heavy atom. The van der Waals surface area contributed by atoms with Gasteiger partial charge in [0.25, 0.3) is 5.91 Å². The average Bonchev–Trinajstić information content (AvgIpc) is 3.36. The molecule has 1 N–H and O–H groups in total. The van der Waals surface area contributed by atoms with E-state index in [-0.39, 0.29) is 24.1 Å². The number of hydrogen-bond donors (Lipinski definition) is 1. The van der Waals surface area contributed by atoms with E-state index in [1.54, 1.807) is 54.6 Å². The molecule has 0 aliphatic heterocycles. The molecular formula is C26H23FN2O5. The molecule has 0 aliphatic rings. The number of carbonyl (C=O) groups is 1. The van der Waals surface area contributed by atoms with Crippen molar-refractivity contribution in [3.8, 4) is 40.0 Å². The van der Waals surface area contributed by atoms with E-state index in [1.807, 2.05) is 0 Å². The van der Waals surface area contributed by atoms with Crippen molar-refractivity contribution in [3.63, 3.8) is 0 Å². The molecule has 7 nitrogen and oxygen atoms in total. The van der Waals surface area contributed by atoms with Gasteiger partial charge in [0.1, 0.15) is 11.6 Å². The summed E-state index contributed by atoms with van der Waals surface area (Å²) < 4.78 is 36.0. The van der Waals surface area contributed by atoms with Gasteiger partial charge in [0.2, 0.25) is 5.89 Å². The van der Waals surface area contributed by atoms with Gasteiger partial charge in [-0.1, -0.05) is 24.3 Å². The van der Waals surface area contributed by atoms with Gasteiger partial charge in [-0.25, -0.2) is 9.37 Å². The summed E-state index contributed by atoms with van der Waals surface area (Å²) in [5.74, 6) is 1.33. The number of rotatable bonds is 8. The van der Waals surface area contributed by atoms with Gasteiger partial charge in [-0.2, -0.15) is 0 Å². The molecule has 0 atom stereocenters. The number of halogens is 1. The predicted octanol–water partition coefficient (Wildman–Crippen LogP) is 5.10. The van der Waals surface area contributed by atoms with Crippen molar-refractivity contribution >= 4 is 5.91 Å². The first-order valence-electron chi connectivity index (χ1n) is 10.4. The van der Waals surface area contributed by atoms with Gasteiger partial charge < -0.3 is 23.9 Å². The third kappa shape index (κ3) is 4.56.